The van der Waals surface area contributed by atoms with Crippen LogP contribution in [0.15, 0.2) is 35.9 Å². The summed E-state index contributed by atoms with van der Waals surface area (Å²) < 4.78 is 11.3. The summed E-state index contributed by atoms with van der Waals surface area (Å²) in [5.41, 5.74) is 3.13. The van der Waals surface area contributed by atoms with Crippen molar-refractivity contribution in [1.82, 2.24) is 0 Å². The fourth-order valence-corrected chi connectivity index (χ4v) is 10.9. The smallest absolute Gasteiger partial charge is 0.331 e. The number of rotatable bonds is 7. The summed E-state index contributed by atoms with van der Waals surface area (Å²) in [4.78, 5) is 12.9. The molecule has 1 aromatic carbocycles. The third-order valence-electron chi connectivity index (χ3n) is 13.2. The molecule has 232 valence electrons. The van der Waals surface area contributed by atoms with Gasteiger partial charge in [-0.25, -0.2) is 4.79 Å². The Morgan fingerprint density at radius 1 is 1.07 bits per heavy atom. The monoisotopic (exact) mass is 576 g/mol. The Hall–Kier alpha value is -2.23. The molecule has 4 aliphatic carbocycles. The van der Waals surface area contributed by atoms with Crippen LogP contribution in [-0.4, -0.2) is 24.3 Å². The molecule has 0 saturated heterocycles. The molecule has 42 heavy (non-hydrogen) atoms. The van der Waals surface area contributed by atoms with Crippen molar-refractivity contribution < 1.29 is 19.4 Å². The minimum atomic E-state index is -0.279. The van der Waals surface area contributed by atoms with Gasteiger partial charge in [0.05, 0.1) is 7.11 Å². The Bertz CT molecular complexity index is 1200. The minimum Gasteiger partial charge on any atom is -0.504 e. The van der Waals surface area contributed by atoms with E-state index in [9.17, 15) is 9.90 Å². The highest BCUT2D eigenvalue weighted by Crippen LogP contribution is 2.72. The van der Waals surface area contributed by atoms with Gasteiger partial charge in [0.25, 0.3) is 0 Å². The molecule has 4 fully saturated rings. The zero-order chi connectivity index (χ0) is 30.4. The number of phenolic OH excluding ortho intramolecular Hbond substituents is 1. The maximum Gasteiger partial charge on any atom is 0.331 e. The number of allylic oxidation sites excluding steroid dienone is 2. The second kappa shape index (κ2) is 12.0. The number of fused-ring (bicyclic) bond motifs is 5. The standard InChI is InChI=1S/C38H56O4/c1-23(2)9-10-24(3)30-18-20-38(7)31-21-25(4)36-26(5)33(15-13-29(36)28(31)17-19-37(30,38)6)42-35(40)16-12-27-11-14-32(39)34(22-27)41-8/h9,11-12,14,16,22,24-26,28-31,33,36,39H,10,13,15,17-21H2,1-8H3/b16-12-. The Morgan fingerprint density at radius 3 is 2.52 bits per heavy atom. The fourth-order valence-electron chi connectivity index (χ4n) is 10.9. The summed E-state index contributed by atoms with van der Waals surface area (Å²) in [6, 6.07) is 5.07. The zero-order valence-corrected chi connectivity index (χ0v) is 27.5. The summed E-state index contributed by atoms with van der Waals surface area (Å²) in [7, 11) is 1.52. The molecule has 1 aromatic rings. The van der Waals surface area contributed by atoms with Crippen molar-refractivity contribution in [3.05, 3.63) is 41.5 Å². The maximum absolute atomic E-state index is 12.9. The molecule has 4 heteroatoms. The van der Waals surface area contributed by atoms with Gasteiger partial charge in [-0.1, -0.05) is 52.3 Å². The Morgan fingerprint density at radius 2 is 1.81 bits per heavy atom. The molecule has 4 saturated carbocycles. The molecule has 0 radical (unpaired) electrons. The number of aromatic hydroxyl groups is 1. The van der Waals surface area contributed by atoms with Gasteiger partial charge >= 0.3 is 5.97 Å². The first-order valence-corrected chi connectivity index (χ1v) is 16.8. The number of hydrogen-bond donors (Lipinski definition) is 1. The number of benzene rings is 1. The predicted octanol–water partition coefficient (Wildman–Crippen LogP) is 9.47. The number of methoxy groups -OCH3 is 1. The van der Waals surface area contributed by atoms with E-state index in [1.807, 2.05) is 0 Å². The van der Waals surface area contributed by atoms with Gasteiger partial charge in [0.15, 0.2) is 11.5 Å². The van der Waals surface area contributed by atoms with Crippen LogP contribution < -0.4 is 4.74 Å². The molecule has 0 heterocycles. The van der Waals surface area contributed by atoms with Gasteiger partial charge in [0.2, 0.25) is 0 Å². The van der Waals surface area contributed by atoms with Crippen LogP contribution in [0.25, 0.3) is 6.08 Å². The quantitative estimate of drug-likeness (QED) is 0.200. The van der Waals surface area contributed by atoms with E-state index < -0.39 is 0 Å². The molecule has 0 bridgehead atoms. The van der Waals surface area contributed by atoms with E-state index in [-0.39, 0.29) is 17.8 Å². The normalized spacial score (nSPS) is 40.0. The second-order valence-electron chi connectivity index (χ2n) is 15.4. The number of hydrogen-bond acceptors (Lipinski definition) is 4. The number of phenols is 1. The zero-order valence-electron chi connectivity index (χ0n) is 27.5. The lowest BCUT2D eigenvalue weighted by Gasteiger charge is -2.63. The van der Waals surface area contributed by atoms with Crippen LogP contribution in [0.2, 0.25) is 0 Å². The van der Waals surface area contributed by atoms with E-state index in [2.05, 4.69) is 54.5 Å². The van der Waals surface area contributed by atoms with E-state index in [1.54, 1.807) is 24.3 Å². The van der Waals surface area contributed by atoms with Gasteiger partial charge in [-0.3, -0.25) is 0 Å². The average Bonchev–Trinajstić information content (AvgIpc) is 3.24. The molecule has 0 spiro atoms. The molecule has 4 aliphatic rings. The first-order chi connectivity index (χ1) is 19.9. The Kier molecular flexibility index (Phi) is 8.95. The molecule has 0 aromatic heterocycles. The van der Waals surface area contributed by atoms with Crippen LogP contribution >= 0.6 is 0 Å². The lowest BCUT2D eigenvalue weighted by atomic mass is 9.41. The van der Waals surface area contributed by atoms with E-state index in [0.717, 1.165) is 41.6 Å². The van der Waals surface area contributed by atoms with Gasteiger partial charge in [0, 0.05) is 6.08 Å². The first kappa shape index (κ1) is 31.2. The Balaban J connectivity index is 1.26. The van der Waals surface area contributed by atoms with Crippen LogP contribution in [0.3, 0.4) is 0 Å². The number of esters is 1. The fraction of sp³-hybridized carbons (Fsp3) is 0.711. The van der Waals surface area contributed by atoms with E-state index in [4.69, 9.17) is 9.47 Å². The molecule has 11 unspecified atom stereocenters. The molecule has 4 nitrogen and oxygen atoms in total. The van der Waals surface area contributed by atoms with Crippen LogP contribution in [0.4, 0.5) is 0 Å². The predicted molar refractivity (Wildman–Crippen MR) is 171 cm³/mol. The van der Waals surface area contributed by atoms with Crippen LogP contribution in [0.1, 0.15) is 105 Å². The molecule has 5 rings (SSSR count). The van der Waals surface area contributed by atoms with Gasteiger partial charge in [-0.15, -0.1) is 0 Å². The highest BCUT2D eigenvalue weighted by atomic mass is 16.5. The van der Waals surface area contributed by atoms with E-state index in [0.29, 0.717) is 34.3 Å². The van der Waals surface area contributed by atoms with Crippen molar-refractivity contribution in [1.29, 1.82) is 0 Å². The summed E-state index contributed by atoms with van der Waals surface area (Å²) >= 11 is 0. The Labute approximate surface area is 255 Å². The van der Waals surface area contributed by atoms with Gasteiger partial charge in [-0.05, 0) is 147 Å². The van der Waals surface area contributed by atoms with Crippen molar-refractivity contribution in [2.24, 2.45) is 58.2 Å². The van der Waals surface area contributed by atoms with Gasteiger partial charge in [-0.2, -0.15) is 0 Å². The molecule has 11 atom stereocenters. The summed E-state index contributed by atoms with van der Waals surface area (Å²) in [5, 5.41) is 9.84. The van der Waals surface area contributed by atoms with Crippen molar-refractivity contribution in [3.63, 3.8) is 0 Å². The summed E-state index contributed by atoms with van der Waals surface area (Å²) in [5.74, 6) is 5.86. The second-order valence-corrected chi connectivity index (χ2v) is 15.4. The maximum atomic E-state index is 12.9. The number of carbonyl (C=O) groups excluding carboxylic acids is 1. The number of ether oxygens (including phenoxy) is 2. The third kappa shape index (κ3) is 5.45. The SMILES string of the molecule is COc1cc(/C=C\C(=O)OC2CCC3C4CCC5(C)C(C(C)CC=C(C)C)CCC5(C)C4CC(C)C3C2C)ccc1O. The van der Waals surface area contributed by atoms with Crippen LogP contribution in [-0.2, 0) is 9.53 Å². The first-order valence-electron chi connectivity index (χ1n) is 16.8. The largest absolute Gasteiger partial charge is 0.504 e. The van der Waals surface area contributed by atoms with Crippen molar-refractivity contribution in [2.75, 3.05) is 7.11 Å². The summed E-state index contributed by atoms with van der Waals surface area (Å²) in [6.07, 6.45) is 16.0. The molecule has 1 N–H and O–H groups in total. The third-order valence-corrected chi connectivity index (χ3v) is 13.2. The molecule has 0 amide bonds. The van der Waals surface area contributed by atoms with Crippen LogP contribution in [0, 0.1) is 58.2 Å². The lowest BCUT2D eigenvalue weighted by molar-refractivity contribution is -0.171. The minimum absolute atomic E-state index is 0.0204. The highest BCUT2D eigenvalue weighted by molar-refractivity contribution is 5.87. The highest BCUT2D eigenvalue weighted by Gasteiger charge is 2.65. The van der Waals surface area contributed by atoms with E-state index in [1.165, 1.54) is 63.7 Å². The lowest BCUT2D eigenvalue weighted by Crippen LogP contribution is -2.57. The van der Waals surface area contributed by atoms with E-state index >= 15 is 0 Å². The average molecular weight is 577 g/mol. The molecular formula is C38H56O4. The van der Waals surface area contributed by atoms with Crippen LogP contribution in [0.5, 0.6) is 11.5 Å². The van der Waals surface area contributed by atoms with Gasteiger partial charge < -0.3 is 14.6 Å². The van der Waals surface area contributed by atoms with Crippen molar-refractivity contribution in [3.8, 4) is 11.5 Å². The van der Waals surface area contributed by atoms with Crippen molar-refractivity contribution in [2.45, 2.75) is 106 Å². The number of carbonyl (C=O) groups is 1. The van der Waals surface area contributed by atoms with Crippen molar-refractivity contribution >= 4 is 12.0 Å². The molecular weight excluding hydrogens is 520 g/mol. The summed E-state index contributed by atoms with van der Waals surface area (Å²) in [6.45, 7) is 17.2. The van der Waals surface area contributed by atoms with Gasteiger partial charge in [0.1, 0.15) is 6.10 Å². The molecule has 0 aliphatic heterocycles. The topological polar surface area (TPSA) is 55.8 Å².